The molecule has 57 heavy (non-hydrogen) atoms. The predicted molar refractivity (Wildman–Crippen MR) is 225 cm³/mol. The number of aromatic nitrogens is 3. The van der Waals surface area contributed by atoms with Gasteiger partial charge in [-0.25, -0.2) is 0 Å². The Kier molecular flexibility index (Phi) is 10.9. The van der Waals surface area contributed by atoms with E-state index < -0.39 is 13.7 Å². The molecule has 4 aromatic carbocycles. The Morgan fingerprint density at radius 3 is 2.53 bits per heavy atom. The quantitative estimate of drug-likeness (QED) is 0.131. The van der Waals surface area contributed by atoms with E-state index in [1.807, 2.05) is 106 Å². The molecule has 5 aromatic rings. The summed E-state index contributed by atoms with van der Waals surface area (Å²) in [5, 5.41) is 21.1. The molecule has 4 heterocycles. The van der Waals surface area contributed by atoms with E-state index in [1.165, 1.54) is 5.19 Å². The topological polar surface area (TPSA) is 110 Å². The number of aliphatic hydroxyl groups excluding tert-OH is 1. The van der Waals surface area contributed by atoms with Crippen molar-refractivity contribution in [2.45, 2.75) is 82.0 Å². The van der Waals surface area contributed by atoms with Gasteiger partial charge in [-0.15, -0.1) is 5.10 Å². The molecule has 3 aliphatic heterocycles. The number of hydrogen-bond acceptors (Lipinski definition) is 7. The summed E-state index contributed by atoms with van der Waals surface area (Å²) in [7, 11) is -0.724. The fraction of sp³-hybridized carbons (Fsp3) is 0.378. The van der Waals surface area contributed by atoms with Crippen LogP contribution in [0.4, 0.5) is 11.4 Å². The van der Waals surface area contributed by atoms with Gasteiger partial charge < -0.3 is 24.4 Å². The Hall–Kier alpha value is -4.81. The molecule has 3 aliphatic rings. The van der Waals surface area contributed by atoms with E-state index in [0.29, 0.717) is 43.2 Å². The Balaban J connectivity index is 1.14. The number of aryl methyl sites for hydroxylation is 1. The highest BCUT2D eigenvalue weighted by Gasteiger charge is 2.66. The molecule has 0 radical (unpaired) electrons. The van der Waals surface area contributed by atoms with Gasteiger partial charge in [0.05, 0.1) is 51.7 Å². The fourth-order valence-electron chi connectivity index (χ4n) is 9.69. The third kappa shape index (κ3) is 7.09. The van der Waals surface area contributed by atoms with E-state index in [2.05, 4.69) is 42.5 Å². The van der Waals surface area contributed by atoms with Gasteiger partial charge in [-0.2, -0.15) is 0 Å². The Labute approximate surface area is 340 Å². The number of ether oxygens (including phenoxy) is 2. The smallest absolute Gasteiger partial charge is 0.264 e. The summed E-state index contributed by atoms with van der Waals surface area (Å²) in [6.45, 7) is 8.37. The third-order valence-electron chi connectivity index (χ3n) is 12.6. The first kappa shape index (κ1) is 39.0. The highest BCUT2D eigenvalue weighted by Crippen LogP contribution is 2.60. The minimum atomic E-state index is -2.40. The van der Waals surface area contributed by atoms with Gasteiger partial charge in [0.25, 0.3) is 5.91 Å². The largest absolute Gasteiger partial charge is 0.497 e. The SMILES string of the molecule is COc1ccc([Si](C)(C)[C@@H]2[C@@H](CCn3cc(C(CO)c4ccccc4)nn3)O[C@]3(C(=O)N(Cc4cccc(N5CCCCC5=O)c4)c4ccc(Cl)cc43)[C@H]2C)cc1. The van der Waals surface area contributed by atoms with Gasteiger partial charge in [-0.3, -0.25) is 14.3 Å². The summed E-state index contributed by atoms with van der Waals surface area (Å²) < 4.78 is 14.7. The average Bonchev–Trinajstić information content (AvgIpc) is 3.88. The van der Waals surface area contributed by atoms with Crippen LogP contribution in [0.5, 0.6) is 5.75 Å². The van der Waals surface area contributed by atoms with Crippen molar-refractivity contribution in [2.24, 2.45) is 5.92 Å². The number of hydrogen-bond donors (Lipinski definition) is 1. The molecule has 8 rings (SSSR count). The number of benzene rings is 4. The highest BCUT2D eigenvalue weighted by molar-refractivity contribution is 6.91. The van der Waals surface area contributed by atoms with Crippen LogP contribution in [-0.4, -0.2) is 66.4 Å². The molecule has 2 saturated heterocycles. The van der Waals surface area contributed by atoms with E-state index in [4.69, 9.17) is 21.1 Å². The van der Waals surface area contributed by atoms with Gasteiger partial charge in [-0.1, -0.05) is 96.6 Å². The van der Waals surface area contributed by atoms with Crippen LogP contribution in [0.3, 0.4) is 0 Å². The summed E-state index contributed by atoms with van der Waals surface area (Å²) in [6, 6.07) is 31.9. The van der Waals surface area contributed by atoms with E-state index >= 15 is 4.79 Å². The van der Waals surface area contributed by atoms with Crippen molar-refractivity contribution >= 4 is 48.1 Å². The molecule has 1 spiro atoms. The van der Waals surface area contributed by atoms with Crippen LogP contribution >= 0.6 is 11.6 Å². The first-order valence-electron chi connectivity index (χ1n) is 19.9. The molecular formula is C45H50ClN5O5Si. The number of aliphatic hydroxyl groups is 1. The van der Waals surface area contributed by atoms with Crippen LogP contribution in [0.2, 0.25) is 23.7 Å². The first-order valence-corrected chi connectivity index (χ1v) is 23.4. The summed E-state index contributed by atoms with van der Waals surface area (Å²) in [4.78, 5) is 31.9. The number of amides is 2. The molecule has 1 N–H and O–H groups in total. The van der Waals surface area contributed by atoms with E-state index in [9.17, 15) is 9.90 Å². The number of anilines is 2. The molecule has 0 saturated carbocycles. The lowest BCUT2D eigenvalue weighted by atomic mass is 9.82. The molecular weight excluding hydrogens is 754 g/mol. The van der Waals surface area contributed by atoms with Gasteiger partial charge in [0, 0.05) is 47.9 Å². The molecule has 0 aliphatic carbocycles. The molecule has 296 valence electrons. The lowest BCUT2D eigenvalue weighted by molar-refractivity contribution is -0.146. The second-order valence-electron chi connectivity index (χ2n) is 16.2. The van der Waals surface area contributed by atoms with Crippen molar-refractivity contribution < 1.29 is 24.2 Å². The van der Waals surface area contributed by atoms with Crippen LogP contribution in [0.15, 0.2) is 103 Å². The highest BCUT2D eigenvalue weighted by atomic mass is 35.5. The third-order valence-corrected chi connectivity index (χ3v) is 17.2. The van der Waals surface area contributed by atoms with Gasteiger partial charge in [0.2, 0.25) is 5.91 Å². The first-order chi connectivity index (χ1) is 27.5. The maximum Gasteiger partial charge on any atom is 0.264 e. The van der Waals surface area contributed by atoms with E-state index in [1.54, 1.807) is 7.11 Å². The maximum absolute atomic E-state index is 15.4. The molecule has 12 heteroatoms. The molecule has 1 aromatic heterocycles. The van der Waals surface area contributed by atoms with Crippen molar-refractivity contribution in [1.29, 1.82) is 0 Å². The second-order valence-corrected chi connectivity index (χ2v) is 21.3. The number of halogens is 1. The fourth-order valence-corrected chi connectivity index (χ4v) is 13.9. The zero-order valence-electron chi connectivity index (χ0n) is 33.0. The van der Waals surface area contributed by atoms with Crippen molar-refractivity contribution in [1.82, 2.24) is 15.0 Å². The van der Waals surface area contributed by atoms with Crippen LogP contribution in [0.1, 0.15) is 60.9 Å². The van der Waals surface area contributed by atoms with Crippen LogP contribution < -0.4 is 19.7 Å². The van der Waals surface area contributed by atoms with E-state index in [-0.39, 0.29) is 41.9 Å². The van der Waals surface area contributed by atoms with Gasteiger partial charge >= 0.3 is 0 Å². The summed E-state index contributed by atoms with van der Waals surface area (Å²) >= 11 is 6.76. The predicted octanol–water partition coefficient (Wildman–Crippen LogP) is 7.43. The minimum Gasteiger partial charge on any atom is -0.497 e. The van der Waals surface area contributed by atoms with Crippen LogP contribution in [-0.2, 0) is 33.0 Å². The van der Waals surface area contributed by atoms with Gasteiger partial charge in [0.15, 0.2) is 5.60 Å². The molecule has 0 bridgehead atoms. The number of methoxy groups -OCH3 is 1. The zero-order valence-corrected chi connectivity index (χ0v) is 34.7. The van der Waals surface area contributed by atoms with Gasteiger partial charge in [-0.05, 0) is 78.4 Å². The average molecular weight is 804 g/mol. The molecule has 1 unspecified atom stereocenters. The lowest BCUT2D eigenvalue weighted by Gasteiger charge is -2.37. The summed E-state index contributed by atoms with van der Waals surface area (Å²) in [6.07, 6.45) is 4.63. The number of nitrogens with zero attached hydrogens (tertiary/aromatic N) is 5. The second kappa shape index (κ2) is 15.9. The minimum absolute atomic E-state index is 0.0209. The van der Waals surface area contributed by atoms with Crippen molar-refractivity contribution in [2.75, 3.05) is 30.1 Å². The Morgan fingerprint density at radius 1 is 1.00 bits per heavy atom. The number of fused-ring (bicyclic) bond motifs is 2. The number of carbonyl (C=O) groups is 2. The normalized spacial score (nSPS) is 22.7. The maximum atomic E-state index is 15.4. The van der Waals surface area contributed by atoms with Crippen molar-refractivity contribution in [3.8, 4) is 5.75 Å². The molecule has 2 amide bonds. The monoisotopic (exact) mass is 803 g/mol. The van der Waals surface area contributed by atoms with Gasteiger partial charge in [0.1, 0.15) is 5.75 Å². The summed E-state index contributed by atoms with van der Waals surface area (Å²) in [5.74, 6) is 0.335. The summed E-state index contributed by atoms with van der Waals surface area (Å²) in [5.41, 5.74) is 3.80. The van der Waals surface area contributed by atoms with Crippen LogP contribution in [0, 0.1) is 5.92 Å². The zero-order chi connectivity index (χ0) is 39.9. The number of rotatable bonds is 12. The Bertz CT molecular complexity index is 2250. The van der Waals surface area contributed by atoms with Crippen LogP contribution in [0.25, 0.3) is 0 Å². The molecule has 5 atom stereocenters. The number of piperidine rings is 1. The number of carbonyl (C=O) groups excluding carboxylic acids is 2. The standard InChI is InChI=1S/C45H50ClN5O5Si/c1-30-43(57(3,4)36-19-17-35(55-2)18-20-36)41(22-24-49-28-39(47-48-49)37(29-52)32-12-6-5-7-13-32)56-45(30)38-26-33(46)16-21-40(38)51(44(45)54)27-31-11-10-14-34(25-31)50-23-9-8-15-42(50)53/h5-7,10-14,16-21,25-26,28,30,37,41,43,52H,8-9,15,22-24,27,29H2,1-4H3/t30-,37?,41+,43-,45+/m0/s1. The molecule has 2 fully saturated rings. The molecule has 10 nitrogen and oxygen atoms in total. The lowest BCUT2D eigenvalue weighted by Crippen LogP contribution is -2.51. The van der Waals surface area contributed by atoms with Crippen molar-refractivity contribution in [3.63, 3.8) is 0 Å². The Morgan fingerprint density at radius 2 is 1.79 bits per heavy atom. The van der Waals surface area contributed by atoms with Crippen molar-refractivity contribution in [3.05, 3.63) is 131 Å². The van der Waals surface area contributed by atoms with E-state index in [0.717, 1.165) is 46.7 Å².